The number of methoxy groups -OCH3 is 2. The second-order valence-electron chi connectivity index (χ2n) is 9.18. The van der Waals surface area contributed by atoms with Gasteiger partial charge in [0.05, 0.1) is 30.3 Å². The molecule has 2 aliphatic heterocycles. The summed E-state index contributed by atoms with van der Waals surface area (Å²) in [6.45, 7) is 0.751. The first-order chi connectivity index (χ1) is 16.2. The van der Waals surface area contributed by atoms with Crippen LogP contribution in [0, 0.1) is 0 Å². The highest BCUT2D eigenvalue weighted by Gasteiger charge is 2.49. The molecule has 2 aliphatic rings. The third-order valence-corrected chi connectivity index (χ3v) is 8.82. The monoisotopic (exact) mass is 487 g/mol. The molecule has 0 aromatic heterocycles. The van der Waals surface area contributed by atoms with Crippen LogP contribution < -0.4 is 14.8 Å². The minimum atomic E-state index is -3.78. The summed E-state index contributed by atoms with van der Waals surface area (Å²) in [4.78, 5) is 16.1. The van der Waals surface area contributed by atoms with Crippen LogP contribution in [0.1, 0.15) is 48.0 Å². The zero-order valence-corrected chi connectivity index (χ0v) is 21.0. The Morgan fingerprint density at radius 3 is 2.50 bits per heavy atom. The molecule has 2 fully saturated rings. The number of rotatable bonds is 8. The molecule has 0 saturated carbocycles. The number of benzene rings is 2. The van der Waals surface area contributed by atoms with Crippen molar-refractivity contribution in [3.63, 3.8) is 0 Å². The first-order valence-electron chi connectivity index (χ1n) is 11.5. The Kier molecular flexibility index (Phi) is 6.89. The fourth-order valence-corrected chi connectivity index (χ4v) is 6.20. The number of sulfonamides is 1. The van der Waals surface area contributed by atoms with E-state index in [-0.39, 0.29) is 27.9 Å². The van der Waals surface area contributed by atoms with E-state index < -0.39 is 15.7 Å². The van der Waals surface area contributed by atoms with Crippen LogP contribution in [0.2, 0.25) is 0 Å². The summed E-state index contributed by atoms with van der Waals surface area (Å²) in [5.74, 6) is 0.0443. The molecule has 184 valence electrons. The Balaban J connectivity index is 1.71. The number of hydrogen-bond acceptors (Lipinski definition) is 6. The molecule has 1 N–H and O–H groups in total. The van der Waals surface area contributed by atoms with Gasteiger partial charge in [0, 0.05) is 32.7 Å². The lowest BCUT2D eigenvalue weighted by molar-refractivity contribution is 0.0183. The standard InChI is InChI=1S/C25H33N3O5S/c1-27(2)34(30,31)20-15-21(23(33-4)22(16-20)32-3)24(29)26-25-13-8-11-19(12-14-25)28(25)17-18-9-6-5-7-10-18/h5-7,9-10,15-16,19H,8,11-14,17H2,1-4H3,(H,26,29). The van der Waals surface area contributed by atoms with Gasteiger partial charge in [-0.1, -0.05) is 30.3 Å². The number of fused-ring (bicyclic) bond motifs is 2. The minimum Gasteiger partial charge on any atom is -0.493 e. The molecule has 4 rings (SSSR count). The summed E-state index contributed by atoms with van der Waals surface area (Å²) in [7, 11) is 1.99. The summed E-state index contributed by atoms with van der Waals surface area (Å²) >= 11 is 0. The maximum Gasteiger partial charge on any atom is 0.256 e. The summed E-state index contributed by atoms with van der Waals surface area (Å²) in [6, 6.07) is 13.4. The van der Waals surface area contributed by atoms with Crippen molar-refractivity contribution in [3.05, 3.63) is 53.6 Å². The highest BCUT2D eigenvalue weighted by molar-refractivity contribution is 7.89. The Hall–Kier alpha value is -2.62. The molecule has 9 heteroatoms. The van der Waals surface area contributed by atoms with Gasteiger partial charge in [0.25, 0.3) is 5.91 Å². The molecular weight excluding hydrogens is 454 g/mol. The summed E-state index contributed by atoms with van der Waals surface area (Å²) < 4.78 is 37.7. The first kappa shape index (κ1) is 24.5. The molecule has 1 amide bonds. The van der Waals surface area contributed by atoms with Crippen LogP contribution in [0.5, 0.6) is 11.5 Å². The van der Waals surface area contributed by atoms with Crippen LogP contribution in [0.4, 0.5) is 0 Å². The Morgan fingerprint density at radius 2 is 1.85 bits per heavy atom. The molecule has 0 aliphatic carbocycles. The molecule has 2 heterocycles. The number of carbonyl (C=O) groups is 1. The minimum absolute atomic E-state index is 0.0214. The molecule has 2 atom stereocenters. The molecule has 0 radical (unpaired) electrons. The average Bonchev–Trinajstić information content (AvgIpc) is 3.01. The van der Waals surface area contributed by atoms with Crippen molar-refractivity contribution in [3.8, 4) is 11.5 Å². The summed E-state index contributed by atoms with van der Waals surface area (Å²) in [6.07, 6.45) is 4.86. The predicted molar refractivity (Wildman–Crippen MR) is 129 cm³/mol. The van der Waals surface area contributed by atoms with Gasteiger partial charge in [0.2, 0.25) is 10.0 Å². The normalized spacial score (nSPS) is 22.6. The number of carbonyl (C=O) groups excluding carboxylic acids is 1. The van der Waals surface area contributed by atoms with E-state index in [1.54, 1.807) is 0 Å². The highest BCUT2D eigenvalue weighted by Crippen LogP contribution is 2.44. The van der Waals surface area contributed by atoms with Crippen molar-refractivity contribution >= 4 is 15.9 Å². The Bertz CT molecular complexity index is 1150. The number of hydrogen-bond donors (Lipinski definition) is 1. The predicted octanol–water partition coefficient (Wildman–Crippen LogP) is 3.23. The van der Waals surface area contributed by atoms with E-state index in [0.29, 0.717) is 6.04 Å². The van der Waals surface area contributed by atoms with Crippen molar-refractivity contribution in [2.45, 2.75) is 55.2 Å². The zero-order chi connectivity index (χ0) is 24.5. The van der Waals surface area contributed by atoms with E-state index in [1.165, 1.54) is 46.0 Å². The van der Waals surface area contributed by atoms with E-state index in [9.17, 15) is 13.2 Å². The van der Waals surface area contributed by atoms with Gasteiger partial charge < -0.3 is 14.8 Å². The van der Waals surface area contributed by atoms with Gasteiger partial charge in [-0.25, -0.2) is 12.7 Å². The fourth-order valence-electron chi connectivity index (χ4n) is 5.26. The van der Waals surface area contributed by atoms with Gasteiger partial charge in [-0.2, -0.15) is 0 Å². The van der Waals surface area contributed by atoms with Crippen LogP contribution in [0.15, 0.2) is 47.4 Å². The van der Waals surface area contributed by atoms with Crippen molar-refractivity contribution < 1.29 is 22.7 Å². The second kappa shape index (κ2) is 9.56. The van der Waals surface area contributed by atoms with Crippen molar-refractivity contribution in [2.24, 2.45) is 0 Å². The smallest absolute Gasteiger partial charge is 0.256 e. The highest BCUT2D eigenvalue weighted by atomic mass is 32.2. The average molecular weight is 488 g/mol. The van der Waals surface area contributed by atoms with Crippen molar-refractivity contribution in [1.29, 1.82) is 0 Å². The molecular formula is C25H33N3O5S. The van der Waals surface area contributed by atoms with Gasteiger partial charge in [0.15, 0.2) is 11.5 Å². The molecule has 2 unspecified atom stereocenters. The topological polar surface area (TPSA) is 88.2 Å². The maximum absolute atomic E-state index is 13.7. The molecule has 0 spiro atoms. The van der Waals surface area contributed by atoms with Crippen molar-refractivity contribution in [1.82, 2.24) is 14.5 Å². The van der Waals surface area contributed by atoms with E-state index >= 15 is 0 Å². The van der Waals surface area contributed by atoms with E-state index in [0.717, 1.165) is 43.0 Å². The van der Waals surface area contributed by atoms with Gasteiger partial charge in [-0.05, 0) is 43.7 Å². The molecule has 2 aromatic rings. The quantitative estimate of drug-likeness (QED) is 0.615. The lowest BCUT2D eigenvalue weighted by atomic mass is 9.95. The van der Waals surface area contributed by atoms with Crippen LogP contribution in [0.25, 0.3) is 0 Å². The lowest BCUT2D eigenvalue weighted by Gasteiger charge is -2.45. The lowest BCUT2D eigenvalue weighted by Crippen LogP contribution is -2.60. The van der Waals surface area contributed by atoms with Crippen LogP contribution in [0.3, 0.4) is 0 Å². The van der Waals surface area contributed by atoms with Crippen molar-refractivity contribution in [2.75, 3.05) is 28.3 Å². The van der Waals surface area contributed by atoms with E-state index in [2.05, 4.69) is 22.3 Å². The zero-order valence-electron chi connectivity index (χ0n) is 20.2. The molecule has 34 heavy (non-hydrogen) atoms. The first-order valence-corrected chi connectivity index (χ1v) is 13.0. The molecule has 2 bridgehead atoms. The fraction of sp³-hybridized carbons (Fsp3) is 0.480. The van der Waals surface area contributed by atoms with Crippen LogP contribution in [-0.2, 0) is 16.6 Å². The van der Waals surface area contributed by atoms with Gasteiger partial charge >= 0.3 is 0 Å². The maximum atomic E-state index is 13.7. The van der Waals surface area contributed by atoms with Gasteiger partial charge in [-0.15, -0.1) is 0 Å². The van der Waals surface area contributed by atoms with Gasteiger partial charge in [0.1, 0.15) is 0 Å². The van der Waals surface area contributed by atoms with E-state index in [4.69, 9.17) is 9.47 Å². The SMILES string of the molecule is COc1cc(S(=O)(=O)N(C)C)cc(C(=O)NC23CCCC(CC2)N3Cc2ccccc2)c1OC. The van der Waals surface area contributed by atoms with Crippen LogP contribution in [-0.4, -0.2) is 63.5 Å². The summed E-state index contributed by atoms with van der Waals surface area (Å²) in [5.41, 5.74) is 0.864. The number of amides is 1. The molecule has 8 nitrogen and oxygen atoms in total. The number of nitrogens with zero attached hydrogens (tertiary/aromatic N) is 2. The Labute approximate surface area is 201 Å². The third kappa shape index (κ3) is 4.39. The van der Waals surface area contributed by atoms with Gasteiger partial charge in [-0.3, -0.25) is 9.69 Å². The number of ether oxygens (including phenoxy) is 2. The third-order valence-electron chi connectivity index (χ3n) is 7.03. The summed E-state index contributed by atoms with van der Waals surface area (Å²) in [5, 5.41) is 3.29. The molecule has 2 saturated heterocycles. The van der Waals surface area contributed by atoms with Crippen LogP contribution >= 0.6 is 0 Å². The largest absolute Gasteiger partial charge is 0.493 e. The number of piperidine rings is 1. The number of nitrogens with one attached hydrogen (secondary N) is 1. The molecule has 2 aromatic carbocycles. The van der Waals surface area contributed by atoms with E-state index in [1.807, 2.05) is 18.2 Å². The Morgan fingerprint density at radius 1 is 1.12 bits per heavy atom. The second-order valence-corrected chi connectivity index (χ2v) is 11.3.